The van der Waals surface area contributed by atoms with Gasteiger partial charge in [0.15, 0.2) is 0 Å². The molecule has 0 radical (unpaired) electrons. The van der Waals surface area contributed by atoms with Crippen LogP contribution in [-0.2, 0) is 10.0 Å². The predicted octanol–water partition coefficient (Wildman–Crippen LogP) is 4.20. The van der Waals surface area contributed by atoms with Gasteiger partial charge < -0.3 is 10.1 Å². The van der Waals surface area contributed by atoms with Crippen LogP contribution in [0.2, 0.25) is 10.0 Å². The van der Waals surface area contributed by atoms with E-state index in [2.05, 4.69) is 9.97 Å². The highest BCUT2D eigenvalue weighted by atomic mass is 35.5. The molecule has 1 fully saturated rings. The quantitative estimate of drug-likeness (QED) is 0.622. The Hall–Kier alpha value is -1.90. The number of benzene rings is 2. The number of aromatic amines is 1. The molecule has 0 unspecified atom stereocenters. The minimum atomic E-state index is -3.77. The molecule has 0 aliphatic carbocycles. The summed E-state index contributed by atoms with van der Waals surface area (Å²) >= 11 is 12.5. The lowest BCUT2D eigenvalue weighted by molar-refractivity contribution is 0.113. The van der Waals surface area contributed by atoms with E-state index in [1.807, 2.05) is 18.2 Å². The Labute approximate surface area is 179 Å². The number of H-pyrrole nitrogens is 1. The largest absolute Gasteiger partial charge is 0.393 e. The maximum absolute atomic E-state index is 13.1. The normalized spacial score (nSPS) is 16.2. The first-order valence-electron chi connectivity index (χ1n) is 9.15. The van der Waals surface area contributed by atoms with Gasteiger partial charge in [-0.05, 0) is 37.1 Å². The van der Waals surface area contributed by atoms with E-state index in [0.717, 1.165) is 5.56 Å². The molecule has 2 aromatic carbocycles. The summed E-state index contributed by atoms with van der Waals surface area (Å²) in [6.45, 7) is 0.531. The van der Waals surface area contributed by atoms with E-state index in [4.69, 9.17) is 23.2 Å². The topological polar surface area (TPSA) is 86.3 Å². The van der Waals surface area contributed by atoms with Crippen LogP contribution in [0.3, 0.4) is 0 Å². The van der Waals surface area contributed by atoms with Crippen LogP contribution in [0, 0.1) is 0 Å². The van der Waals surface area contributed by atoms with Crippen LogP contribution in [0.1, 0.15) is 12.8 Å². The average Bonchev–Trinajstić information content (AvgIpc) is 3.19. The smallest absolute Gasteiger partial charge is 0.244 e. The van der Waals surface area contributed by atoms with Crippen LogP contribution < -0.4 is 0 Å². The standard InChI is InChI=1S/C20H19Cl2N3O3S/c21-16-4-2-1-3-15(16)18-12-23-20(24-18)13-5-6-17(22)19(11-13)29(27,28)25-9-7-14(26)8-10-25/h1-6,11-12,14,26H,7-10H2,(H,23,24). The molecular weight excluding hydrogens is 433 g/mol. The van der Waals surface area contributed by atoms with Crippen molar-refractivity contribution in [1.82, 2.24) is 14.3 Å². The molecule has 1 saturated heterocycles. The van der Waals surface area contributed by atoms with Crippen molar-refractivity contribution >= 4 is 33.2 Å². The SMILES string of the molecule is O=S(=O)(c1cc(-c2nc(-c3ccccc3Cl)c[nH]2)ccc1Cl)N1CCC(O)CC1. The van der Waals surface area contributed by atoms with Crippen molar-refractivity contribution < 1.29 is 13.5 Å². The Morgan fingerprint density at radius 1 is 1.07 bits per heavy atom. The van der Waals surface area contributed by atoms with Gasteiger partial charge in [0.1, 0.15) is 10.7 Å². The number of aromatic nitrogens is 2. The van der Waals surface area contributed by atoms with Crippen molar-refractivity contribution in [2.45, 2.75) is 23.8 Å². The first-order chi connectivity index (χ1) is 13.9. The number of rotatable bonds is 4. The number of hydrogen-bond donors (Lipinski definition) is 2. The highest BCUT2D eigenvalue weighted by Crippen LogP contribution is 2.32. The predicted molar refractivity (Wildman–Crippen MR) is 113 cm³/mol. The van der Waals surface area contributed by atoms with E-state index in [1.165, 1.54) is 10.4 Å². The Kier molecular flexibility index (Phi) is 5.68. The van der Waals surface area contributed by atoms with Crippen LogP contribution >= 0.6 is 23.2 Å². The summed E-state index contributed by atoms with van der Waals surface area (Å²) in [6, 6.07) is 12.2. The molecule has 9 heteroatoms. The summed E-state index contributed by atoms with van der Waals surface area (Å²) in [5.74, 6) is 0.516. The zero-order valence-electron chi connectivity index (χ0n) is 15.3. The molecular formula is C20H19Cl2N3O3S. The van der Waals surface area contributed by atoms with Crippen LogP contribution in [0.15, 0.2) is 53.6 Å². The highest BCUT2D eigenvalue weighted by Gasteiger charge is 2.30. The molecule has 2 N–H and O–H groups in total. The number of hydrogen-bond acceptors (Lipinski definition) is 4. The fourth-order valence-electron chi connectivity index (χ4n) is 3.35. The van der Waals surface area contributed by atoms with Crippen molar-refractivity contribution in [3.63, 3.8) is 0 Å². The molecule has 0 bridgehead atoms. The van der Waals surface area contributed by atoms with E-state index >= 15 is 0 Å². The Morgan fingerprint density at radius 3 is 2.52 bits per heavy atom. The van der Waals surface area contributed by atoms with E-state index in [0.29, 0.717) is 34.9 Å². The third kappa shape index (κ3) is 4.06. The maximum atomic E-state index is 13.1. The van der Waals surface area contributed by atoms with Gasteiger partial charge in [0.2, 0.25) is 10.0 Å². The van der Waals surface area contributed by atoms with Crippen LogP contribution in [0.4, 0.5) is 0 Å². The number of piperidine rings is 1. The molecule has 0 saturated carbocycles. The molecule has 29 heavy (non-hydrogen) atoms. The monoisotopic (exact) mass is 451 g/mol. The van der Waals surface area contributed by atoms with Gasteiger partial charge >= 0.3 is 0 Å². The molecule has 0 spiro atoms. The minimum absolute atomic E-state index is 0.0312. The minimum Gasteiger partial charge on any atom is -0.393 e. The van der Waals surface area contributed by atoms with Gasteiger partial charge in [0, 0.05) is 30.4 Å². The number of aliphatic hydroxyl groups excluding tert-OH is 1. The van der Waals surface area contributed by atoms with Crippen molar-refractivity contribution in [2.75, 3.05) is 13.1 Å². The molecule has 1 aliphatic rings. The van der Waals surface area contributed by atoms with E-state index in [9.17, 15) is 13.5 Å². The van der Waals surface area contributed by atoms with Crippen LogP contribution in [0.25, 0.3) is 22.6 Å². The third-order valence-electron chi connectivity index (χ3n) is 4.97. The molecule has 2 heterocycles. The van der Waals surface area contributed by atoms with Gasteiger partial charge in [-0.3, -0.25) is 0 Å². The number of nitrogens with one attached hydrogen (secondary N) is 1. The lowest BCUT2D eigenvalue weighted by atomic mass is 10.1. The van der Waals surface area contributed by atoms with E-state index in [-0.39, 0.29) is 23.0 Å². The maximum Gasteiger partial charge on any atom is 0.244 e. The molecule has 0 amide bonds. The van der Waals surface area contributed by atoms with Gasteiger partial charge in [-0.2, -0.15) is 4.31 Å². The summed E-state index contributed by atoms with van der Waals surface area (Å²) < 4.78 is 27.5. The van der Waals surface area contributed by atoms with Crippen molar-refractivity contribution in [3.05, 3.63) is 58.7 Å². The second-order valence-corrected chi connectivity index (χ2v) is 9.62. The van der Waals surface area contributed by atoms with Crippen molar-refractivity contribution in [1.29, 1.82) is 0 Å². The number of aliphatic hydroxyl groups is 1. The van der Waals surface area contributed by atoms with Crippen LogP contribution in [-0.4, -0.2) is 47.0 Å². The first kappa shape index (κ1) is 20.4. The Morgan fingerprint density at radius 2 is 1.79 bits per heavy atom. The van der Waals surface area contributed by atoms with Gasteiger partial charge in [-0.15, -0.1) is 0 Å². The van der Waals surface area contributed by atoms with E-state index in [1.54, 1.807) is 24.4 Å². The van der Waals surface area contributed by atoms with E-state index < -0.39 is 16.1 Å². The zero-order valence-corrected chi connectivity index (χ0v) is 17.7. The second-order valence-electron chi connectivity index (χ2n) is 6.89. The molecule has 6 nitrogen and oxygen atoms in total. The van der Waals surface area contributed by atoms with Crippen LogP contribution in [0.5, 0.6) is 0 Å². The second kappa shape index (κ2) is 8.08. The fourth-order valence-corrected chi connectivity index (χ4v) is 5.55. The Balaban J connectivity index is 1.68. The highest BCUT2D eigenvalue weighted by molar-refractivity contribution is 7.89. The summed E-state index contributed by atoms with van der Waals surface area (Å²) in [5, 5.41) is 10.4. The third-order valence-corrected chi connectivity index (χ3v) is 7.68. The Bertz CT molecular complexity index is 1140. The first-order valence-corrected chi connectivity index (χ1v) is 11.3. The zero-order chi connectivity index (χ0) is 20.6. The van der Waals surface area contributed by atoms with Gasteiger partial charge in [0.05, 0.1) is 21.8 Å². The fraction of sp³-hybridized carbons (Fsp3) is 0.250. The number of halogens is 2. The lowest BCUT2D eigenvalue weighted by Crippen LogP contribution is -2.40. The van der Waals surface area contributed by atoms with Gasteiger partial charge in [0.25, 0.3) is 0 Å². The lowest BCUT2D eigenvalue weighted by Gasteiger charge is -2.29. The van der Waals surface area contributed by atoms with Crippen molar-refractivity contribution in [3.8, 4) is 22.6 Å². The molecule has 1 aromatic heterocycles. The molecule has 3 aromatic rings. The summed E-state index contributed by atoms with van der Waals surface area (Å²) in [7, 11) is -3.77. The van der Waals surface area contributed by atoms with Crippen molar-refractivity contribution in [2.24, 2.45) is 0 Å². The molecule has 4 rings (SSSR count). The summed E-state index contributed by atoms with van der Waals surface area (Å²) in [5.41, 5.74) is 2.05. The van der Waals surface area contributed by atoms with Gasteiger partial charge in [-0.25, -0.2) is 13.4 Å². The molecule has 0 atom stereocenters. The number of imidazole rings is 1. The summed E-state index contributed by atoms with van der Waals surface area (Å²) in [4.78, 5) is 7.67. The number of nitrogens with zero attached hydrogens (tertiary/aromatic N) is 2. The summed E-state index contributed by atoms with van der Waals surface area (Å²) in [6.07, 6.45) is 2.09. The van der Waals surface area contributed by atoms with Gasteiger partial charge in [-0.1, -0.05) is 41.4 Å². The number of sulfonamides is 1. The molecule has 152 valence electrons. The average molecular weight is 452 g/mol. The molecule has 1 aliphatic heterocycles.